The topological polar surface area (TPSA) is 183 Å². The Hall–Kier alpha value is -4.07. The molecule has 42 heavy (non-hydrogen) atoms. The summed E-state index contributed by atoms with van der Waals surface area (Å²) in [5.41, 5.74) is 9.18. The van der Waals surface area contributed by atoms with Gasteiger partial charge in [0.15, 0.2) is 9.84 Å². The number of sulfone groups is 1. The minimum absolute atomic E-state index is 0.121. The molecule has 1 aromatic heterocycles. The van der Waals surface area contributed by atoms with E-state index in [1.807, 2.05) is 37.3 Å². The molecule has 222 valence electrons. The number of thiophene rings is 1. The Morgan fingerprint density at radius 3 is 2.45 bits per heavy atom. The molecular formula is C29H33N5O6S2. The largest absolute Gasteiger partial charge is 0.394 e. The zero-order valence-electron chi connectivity index (χ0n) is 23.2. The highest BCUT2D eigenvalue weighted by molar-refractivity contribution is 7.91. The summed E-state index contributed by atoms with van der Waals surface area (Å²) in [6.45, 7) is 0.880. The molecule has 3 amide bonds. The van der Waals surface area contributed by atoms with E-state index < -0.39 is 58.0 Å². The van der Waals surface area contributed by atoms with Gasteiger partial charge in [-0.3, -0.25) is 19.8 Å². The number of nitrogens with two attached hydrogens (primary N) is 1. The van der Waals surface area contributed by atoms with Crippen molar-refractivity contribution in [2.45, 2.75) is 30.7 Å². The van der Waals surface area contributed by atoms with Gasteiger partial charge in [-0.15, -0.1) is 11.3 Å². The minimum Gasteiger partial charge on any atom is -0.394 e. The molecule has 3 aromatic rings. The van der Waals surface area contributed by atoms with E-state index in [1.165, 1.54) is 11.3 Å². The first-order valence-electron chi connectivity index (χ1n) is 13.1. The standard InChI is InChI=1S/C29H33N5O6S2/c1-17-6-8-18(9-7-17)19-4-3-5-20(10-19)28(37)32-13-26(36)34-14-22(42(2,39)40)12-24(34)29(38)33-23(15-35)25-11-21(16-41-25)27(30)31/h3-11,16,22-24,35H,12-15H2,1-2H3,(H3,30,31)(H,32,37)(H,33,38)/t22-,23-,24+/m1/s1. The number of aliphatic hydroxyl groups is 1. The number of nitrogens with one attached hydrogen (secondary N) is 3. The van der Waals surface area contributed by atoms with Gasteiger partial charge in [0.1, 0.15) is 11.9 Å². The predicted octanol–water partition coefficient (Wildman–Crippen LogP) is 1.60. The van der Waals surface area contributed by atoms with Crippen LogP contribution in [-0.4, -0.2) is 79.2 Å². The fourth-order valence-corrected chi connectivity index (χ4v) is 6.64. The second-order valence-electron chi connectivity index (χ2n) is 10.3. The minimum atomic E-state index is -3.58. The molecule has 1 aliphatic rings. The highest BCUT2D eigenvalue weighted by atomic mass is 32.2. The molecule has 1 aliphatic heterocycles. The first kappa shape index (κ1) is 30.9. The summed E-state index contributed by atoms with van der Waals surface area (Å²) < 4.78 is 24.7. The van der Waals surface area contributed by atoms with Crippen molar-refractivity contribution >= 4 is 44.7 Å². The Labute approximate surface area is 248 Å². The Morgan fingerprint density at radius 2 is 1.83 bits per heavy atom. The maximum Gasteiger partial charge on any atom is 0.251 e. The number of carbonyl (C=O) groups is 3. The molecule has 0 spiro atoms. The van der Waals surface area contributed by atoms with Gasteiger partial charge in [0.25, 0.3) is 5.91 Å². The van der Waals surface area contributed by atoms with Gasteiger partial charge in [-0.05, 0) is 42.7 Å². The Bertz CT molecular complexity index is 1600. The highest BCUT2D eigenvalue weighted by Gasteiger charge is 2.43. The third-order valence-electron chi connectivity index (χ3n) is 7.17. The van der Waals surface area contributed by atoms with Crippen LogP contribution >= 0.6 is 11.3 Å². The fraction of sp³-hybridized carbons (Fsp3) is 0.310. The molecule has 1 saturated heterocycles. The average Bonchev–Trinajstić information content (AvgIpc) is 3.64. The Balaban J connectivity index is 1.46. The third kappa shape index (κ3) is 7.22. The van der Waals surface area contributed by atoms with Crippen molar-refractivity contribution in [3.63, 3.8) is 0 Å². The van der Waals surface area contributed by atoms with Crippen LogP contribution in [0.15, 0.2) is 60.0 Å². The van der Waals surface area contributed by atoms with Crippen LogP contribution in [0.1, 0.15) is 38.8 Å². The number of carbonyl (C=O) groups excluding carboxylic acids is 3. The lowest BCUT2D eigenvalue weighted by atomic mass is 10.0. The van der Waals surface area contributed by atoms with E-state index in [0.29, 0.717) is 16.0 Å². The molecule has 0 radical (unpaired) electrons. The highest BCUT2D eigenvalue weighted by Crippen LogP contribution is 2.27. The van der Waals surface area contributed by atoms with E-state index in [2.05, 4.69) is 10.6 Å². The fourth-order valence-electron chi connectivity index (χ4n) is 4.73. The summed E-state index contributed by atoms with van der Waals surface area (Å²) in [5, 5.41) is 23.4. The number of nitrogens with zero attached hydrogens (tertiary/aromatic N) is 1. The van der Waals surface area contributed by atoms with E-state index in [0.717, 1.165) is 27.8 Å². The van der Waals surface area contributed by atoms with Gasteiger partial charge < -0.3 is 26.4 Å². The van der Waals surface area contributed by atoms with Gasteiger partial charge in [-0.25, -0.2) is 8.42 Å². The van der Waals surface area contributed by atoms with Crippen molar-refractivity contribution in [3.8, 4) is 11.1 Å². The van der Waals surface area contributed by atoms with Crippen molar-refractivity contribution in [1.82, 2.24) is 15.5 Å². The molecule has 6 N–H and O–H groups in total. The van der Waals surface area contributed by atoms with Crippen LogP contribution in [0, 0.1) is 12.3 Å². The number of nitrogen functional groups attached to an aromatic ring is 1. The van der Waals surface area contributed by atoms with Crippen LogP contribution in [0.4, 0.5) is 0 Å². The summed E-state index contributed by atoms with van der Waals surface area (Å²) >= 11 is 1.20. The number of hydrogen-bond donors (Lipinski definition) is 5. The van der Waals surface area contributed by atoms with E-state index in [1.54, 1.807) is 29.6 Å². The second-order valence-corrected chi connectivity index (χ2v) is 13.5. The van der Waals surface area contributed by atoms with Crippen LogP contribution in [0.2, 0.25) is 0 Å². The number of rotatable bonds is 10. The molecule has 0 bridgehead atoms. The number of likely N-dealkylation sites (tertiary alicyclic amines) is 1. The SMILES string of the molecule is Cc1ccc(-c2cccc(C(=O)NCC(=O)N3C[C@H](S(C)(=O)=O)C[C@H]3C(=O)N[C@H](CO)c3cc(C(=N)N)cs3)c2)cc1. The van der Waals surface area contributed by atoms with Crippen molar-refractivity contribution in [3.05, 3.63) is 81.5 Å². The number of amides is 3. The third-order valence-corrected chi connectivity index (χ3v) is 9.77. The average molecular weight is 612 g/mol. The first-order valence-corrected chi connectivity index (χ1v) is 16.0. The lowest BCUT2D eigenvalue weighted by Crippen LogP contribution is -2.49. The molecule has 0 aliphatic carbocycles. The molecule has 0 unspecified atom stereocenters. The van der Waals surface area contributed by atoms with Crippen molar-refractivity contribution in [1.29, 1.82) is 5.41 Å². The lowest BCUT2D eigenvalue weighted by molar-refractivity contribution is -0.138. The van der Waals surface area contributed by atoms with Crippen LogP contribution in [0.3, 0.4) is 0 Å². The lowest BCUT2D eigenvalue weighted by Gasteiger charge is -2.26. The van der Waals surface area contributed by atoms with Crippen molar-refractivity contribution < 1.29 is 27.9 Å². The van der Waals surface area contributed by atoms with Crippen LogP contribution in [0.5, 0.6) is 0 Å². The molecule has 4 rings (SSSR count). The van der Waals surface area contributed by atoms with E-state index in [4.69, 9.17) is 11.1 Å². The van der Waals surface area contributed by atoms with Crippen molar-refractivity contribution in [2.24, 2.45) is 5.73 Å². The van der Waals surface area contributed by atoms with Gasteiger partial charge in [0.2, 0.25) is 11.8 Å². The summed E-state index contributed by atoms with van der Waals surface area (Å²) in [4.78, 5) is 41.2. The van der Waals surface area contributed by atoms with Gasteiger partial charge >= 0.3 is 0 Å². The number of aliphatic hydroxyl groups excluding tert-OH is 1. The molecule has 13 heteroatoms. The zero-order chi connectivity index (χ0) is 30.6. The van der Waals surface area contributed by atoms with Crippen LogP contribution in [-0.2, 0) is 19.4 Å². The molecule has 3 atom stereocenters. The van der Waals surface area contributed by atoms with Crippen LogP contribution in [0.25, 0.3) is 11.1 Å². The van der Waals surface area contributed by atoms with Gasteiger partial charge in [0, 0.05) is 34.2 Å². The van der Waals surface area contributed by atoms with Crippen LogP contribution < -0.4 is 16.4 Å². The number of hydrogen-bond acceptors (Lipinski definition) is 8. The smallest absolute Gasteiger partial charge is 0.251 e. The Morgan fingerprint density at radius 1 is 1.12 bits per heavy atom. The number of aryl methyl sites for hydroxylation is 1. The molecular weight excluding hydrogens is 578 g/mol. The summed E-state index contributed by atoms with van der Waals surface area (Å²) in [5.74, 6) is -1.90. The van der Waals surface area contributed by atoms with Gasteiger partial charge in [0.05, 0.1) is 24.4 Å². The van der Waals surface area contributed by atoms with E-state index >= 15 is 0 Å². The molecule has 1 fully saturated rings. The summed E-state index contributed by atoms with van der Waals surface area (Å²) in [6.07, 6.45) is 0.930. The van der Waals surface area contributed by atoms with Gasteiger partial charge in [-0.2, -0.15) is 0 Å². The quantitative estimate of drug-likeness (QED) is 0.170. The number of amidine groups is 1. The van der Waals surface area contributed by atoms with Crippen molar-refractivity contribution in [2.75, 3.05) is 26.0 Å². The predicted molar refractivity (Wildman–Crippen MR) is 161 cm³/mol. The Kier molecular flexibility index (Phi) is 9.44. The van der Waals surface area contributed by atoms with E-state index in [-0.39, 0.29) is 18.8 Å². The van der Waals surface area contributed by atoms with E-state index in [9.17, 15) is 27.9 Å². The molecule has 11 nitrogen and oxygen atoms in total. The second kappa shape index (κ2) is 12.8. The summed E-state index contributed by atoms with van der Waals surface area (Å²) in [6, 6.07) is 14.4. The maximum atomic E-state index is 13.3. The number of benzene rings is 2. The molecule has 0 saturated carbocycles. The van der Waals surface area contributed by atoms with Gasteiger partial charge in [-0.1, -0.05) is 42.0 Å². The summed E-state index contributed by atoms with van der Waals surface area (Å²) in [7, 11) is -3.58. The molecule has 2 aromatic carbocycles. The monoisotopic (exact) mass is 611 g/mol. The normalized spacial score (nSPS) is 17.5. The molecule has 2 heterocycles. The zero-order valence-corrected chi connectivity index (χ0v) is 24.8. The first-order chi connectivity index (χ1) is 19.9. The maximum absolute atomic E-state index is 13.3.